The number of hydrogen-bond donors (Lipinski definition) is 3. The van der Waals surface area contributed by atoms with Crippen molar-refractivity contribution in [3.63, 3.8) is 0 Å². The lowest BCUT2D eigenvalue weighted by Gasteiger charge is -2.17. The van der Waals surface area contributed by atoms with Gasteiger partial charge in [-0.25, -0.2) is 9.97 Å². The van der Waals surface area contributed by atoms with Crippen LogP contribution < -0.4 is 15.8 Å². The van der Waals surface area contributed by atoms with E-state index in [1.54, 1.807) is 6.92 Å². The van der Waals surface area contributed by atoms with Gasteiger partial charge in [0, 0.05) is 12.6 Å². The van der Waals surface area contributed by atoms with Gasteiger partial charge in [-0.3, -0.25) is 0 Å². The number of hydrogen-bond acceptors (Lipinski definition) is 6. The molecule has 0 spiro atoms. The van der Waals surface area contributed by atoms with Gasteiger partial charge in [0.05, 0.1) is 18.3 Å². The molecule has 0 aliphatic carbocycles. The number of nitrogens with one attached hydrogen (secondary N) is 1. The van der Waals surface area contributed by atoms with Crippen LogP contribution in [0.1, 0.15) is 19.4 Å². The molecule has 2 atom stereocenters. The van der Waals surface area contributed by atoms with Gasteiger partial charge in [0.15, 0.2) is 0 Å². The number of nitrogens with zero attached hydrogens (tertiary/aromatic N) is 2. The number of aromatic nitrogens is 2. The van der Waals surface area contributed by atoms with Crippen LogP contribution in [0.5, 0.6) is 5.88 Å². The first kappa shape index (κ1) is 13.7. The number of anilines is 1. The highest BCUT2D eigenvalue weighted by Gasteiger charge is 2.11. The summed E-state index contributed by atoms with van der Waals surface area (Å²) in [5.41, 5.74) is 6.56. The molecule has 0 bridgehead atoms. The van der Waals surface area contributed by atoms with Crippen molar-refractivity contribution in [2.24, 2.45) is 5.73 Å². The van der Waals surface area contributed by atoms with Crippen molar-refractivity contribution in [2.45, 2.75) is 32.9 Å². The minimum absolute atomic E-state index is 0.333. The molecule has 17 heavy (non-hydrogen) atoms. The molecule has 1 heterocycles. The zero-order valence-electron chi connectivity index (χ0n) is 10.5. The molecule has 6 nitrogen and oxygen atoms in total. The van der Waals surface area contributed by atoms with E-state index in [9.17, 15) is 5.11 Å². The topological polar surface area (TPSA) is 93.3 Å². The van der Waals surface area contributed by atoms with E-state index >= 15 is 0 Å². The van der Waals surface area contributed by atoms with Crippen molar-refractivity contribution in [2.75, 3.05) is 18.5 Å². The van der Waals surface area contributed by atoms with E-state index in [0.717, 1.165) is 5.56 Å². The Morgan fingerprint density at radius 2 is 2.24 bits per heavy atom. The van der Waals surface area contributed by atoms with E-state index in [1.807, 2.05) is 13.8 Å². The fraction of sp³-hybridized carbons (Fsp3) is 0.636. The lowest BCUT2D eigenvalue weighted by molar-refractivity contribution is 0.168. The summed E-state index contributed by atoms with van der Waals surface area (Å²) in [5.74, 6) is 1.25. The average Bonchev–Trinajstić information content (AvgIpc) is 2.30. The maximum atomic E-state index is 9.28. The van der Waals surface area contributed by atoms with Crippen molar-refractivity contribution in [3.8, 4) is 5.88 Å². The monoisotopic (exact) mass is 240 g/mol. The van der Waals surface area contributed by atoms with Gasteiger partial charge < -0.3 is 20.9 Å². The number of nitrogens with two attached hydrogens (primary N) is 1. The molecule has 1 rings (SSSR count). The van der Waals surface area contributed by atoms with Crippen LogP contribution in [-0.2, 0) is 0 Å². The minimum atomic E-state index is -0.559. The van der Waals surface area contributed by atoms with Gasteiger partial charge in [-0.15, -0.1) is 0 Å². The van der Waals surface area contributed by atoms with E-state index < -0.39 is 6.10 Å². The minimum Gasteiger partial charge on any atom is -0.478 e. The largest absolute Gasteiger partial charge is 0.478 e. The standard InChI is InChI=1S/C11H20N4O2/c1-4-17-11-7(2)10(14-6-15-11)13-5-9(12)8(3)16/h6,8-9,16H,4-5,12H2,1-3H3,(H,13,14,15). The van der Waals surface area contributed by atoms with Gasteiger partial charge >= 0.3 is 0 Å². The van der Waals surface area contributed by atoms with Crippen LogP contribution in [0.15, 0.2) is 6.33 Å². The maximum absolute atomic E-state index is 9.28. The molecule has 1 aromatic heterocycles. The lowest BCUT2D eigenvalue weighted by Crippen LogP contribution is -2.38. The predicted octanol–water partition coefficient (Wildman–Crippen LogP) is 0.304. The number of aliphatic hydroxyl groups is 1. The normalized spacial score (nSPS) is 14.2. The summed E-state index contributed by atoms with van der Waals surface area (Å²) >= 11 is 0. The molecule has 0 radical (unpaired) electrons. The van der Waals surface area contributed by atoms with E-state index in [1.165, 1.54) is 6.33 Å². The van der Waals surface area contributed by atoms with Crippen LogP contribution in [0.3, 0.4) is 0 Å². The Balaban J connectivity index is 2.68. The Morgan fingerprint density at radius 1 is 1.53 bits per heavy atom. The Hall–Kier alpha value is -1.40. The van der Waals surface area contributed by atoms with Crippen LogP contribution in [0.4, 0.5) is 5.82 Å². The van der Waals surface area contributed by atoms with Gasteiger partial charge in [0.2, 0.25) is 5.88 Å². The van der Waals surface area contributed by atoms with Crippen molar-refractivity contribution in [1.82, 2.24) is 9.97 Å². The van der Waals surface area contributed by atoms with Crippen molar-refractivity contribution in [1.29, 1.82) is 0 Å². The van der Waals surface area contributed by atoms with Gasteiger partial charge in [-0.05, 0) is 20.8 Å². The third-order valence-electron chi connectivity index (χ3n) is 2.44. The number of aliphatic hydroxyl groups excluding tert-OH is 1. The lowest BCUT2D eigenvalue weighted by atomic mass is 10.2. The van der Waals surface area contributed by atoms with Crippen LogP contribution in [0, 0.1) is 6.92 Å². The summed E-state index contributed by atoms with van der Waals surface area (Å²) in [5, 5.41) is 12.4. The molecule has 96 valence electrons. The molecule has 0 amide bonds. The first-order valence-corrected chi connectivity index (χ1v) is 5.68. The van der Waals surface area contributed by atoms with Gasteiger partial charge in [-0.1, -0.05) is 0 Å². The van der Waals surface area contributed by atoms with Gasteiger partial charge in [-0.2, -0.15) is 0 Å². The fourth-order valence-electron chi connectivity index (χ4n) is 1.28. The van der Waals surface area contributed by atoms with Crippen LogP contribution in [0.2, 0.25) is 0 Å². The highest BCUT2D eigenvalue weighted by atomic mass is 16.5. The highest BCUT2D eigenvalue weighted by Crippen LogP contribution is 2.19. The molecule has 1 aromatic rings. The second-order valence-corrected chi connectivity index (χ2v) is 3.87. The molecule has 2 unspecified atom stereocenters. The number of ether oxygens (including phenoxy) is 1. The van der Waals surface area contributed by atoms with Crippen molar-refractivity contribution >= 4 is 5.82 Å². The summed E-state index contributed by atoms with van der Waals surface area (Å²) in [6.07, 6.45) is 0.879. The molecule has 0 aromatic carbocycles. The molecular formula is C11H20N4O2. The number of rotatable bonds is 6. The molecule has 0 aliphatic heterocycles. The summed E-state index contributed by atoms with van der Waals surface area (Å²) in [7, 11) is 0. The van der Waals surface area contributed by atoms with Gasteiger partial charge in [0.25, 0.3) is 0 Å². The molecule has 0 saturated carbocycles. The Labute approximate surface area is 101 Å². The molecule has 0 saturated heterocycles. The summed E-state index contributed by atoms with van der Waals surface area (Å²) in [6, 6.07) is -0.333. The van der Waals surface area contributed by atoms with Gasteiger partial charge in [0.1, 0.15) is 12.1 Å². The molecular weight excluding hydrogens is 220 g/mol. The highest BCUT2D eigenvalue weighted by molar-refractivity contribution is 5.47. The average molecular weight is 240 g/mol. The smallest absolute Gasteiger partial charge is 0.221 e. The predicted molar refractivity (Wildman–Crippen MR) is 66.1 cm³/mol. The molecule has 0 aliphatic rings. The Morgan fingerprint density at radius 3 is 2.82 bits per heavy atom. The Bertz CT molecular complexity index is 357. The first-order valence-electron chi connectivity index (χ1n) is 5.68. The summed E-state index contributed by atoms with van der Waals surface area (Å²) in [4.78, 5) is 8.15. The SMILES string of the molecule is CCOc1ncnc(NCC(N)C(C)O)c1C. The van der Waals surface area contributed by atoms with Crippen molar-refractivity contribution in [3.05, 3.63) is 11.9 Å². The second-order valence-electron chi connectivity index (χ2n) is 3.87. The molecule has 4 N–H and O–H groups in total. The Kier molecular flexibility index (Phi) is 5.11. The zero-order valence-corrected chi connectivity index (χ0v) is 10.5. The van der Waals surface area contributed by atoms with Crippen LogP contribution in [0.25, 0.3) is 0 Å². The summed E-state index contributed by atoms with van der Waals surface area (Å²) in [6.45, 7) is 6.44. The zero-order chi connectivity index (χ0) is 12.8. The van der Waals surface area contributed by atoms with Crippen LogP contribution in [-0.4, -0.2) is 40.4 Å². The van der Waals surface area contributed by atoms with E-state index in [-0.39, 0.29) is 6.04 Å². The van der Waals surface area contributed by atoms with E-state index in [4.69, 9.17) is 10.5 Å². The molecule has 0 fully saturated rings. The fourth-order valence-corrected chi connectivity index (χ4v) is 1.28. The van der Waals surface area contributed by atoms with Crippen molar-refractivity contribution < 1.29 is 9.84 Å². The first-order chi connectivity index (χ1) is 8.06. The van der Waals surface area contributed by atoms with Crippen LogP contribution >= 0.6 is 0 Å². The quantitative estimate of drug-likeness (QED) is 0.662. The maximum Gasteiger partial charge on any atom is 0.221 e. The summed E-state index contributed by atoms with van der Waals surface area (Å²) < 4.78 is 5.36. The third kappa shape index (κ3) is 3.83. The van der Waals surface area contributed by atoms with E-state index in [0.29, 0.717) is 24.8 Å². The third-order valence-corrected chi connectivity index (χ3v) is 2.44. The molecule has 6 heteroatoms. The second kappa shape index (κ2) is 6.36. The van der Waals surface area contributed by atoms with E-state index in [2.05, 4.69) is 15.3 Å².